The fourth-order valence-corrected chi connectivity index (χ4v) is 6.00. The van der Waals surface area contributed by atoms with Crippen LogP contribution in [0.4, 0.5) is 16.6 Å². The lowest BCUT2D eigenvalue weighted by atomic mass is 10.1. The lowest BCUT2D eigenvalue weighted by Gasteiger charge is -2.36. The molecular weight excluding hydrogens is 598 g/mol. The highest BCUT2D eigenvalue weighted by atomic mass is 16.6. The highest BCUT2D eigenvalue weighted by Gasteiger charge is 2.27. The number of aromatic nitrogens is 3. The first kappa shape index (κ1) is 34.6. The Morgan fingerprint density at radius 2 is 1.70 bits per heavy atom. The standard InChI is InChI=1S/C35H51N7O5/c1-24-22-42(23-25(2)46-24)33-39-31-28(32(40-33)41-16-18-45-19-17-41)11-12-29(38-31)26-10-13-30(44-6)27(20-26)21-36-14-8-7-9-15-37-34(43)47-35(3,4)5/h10-13,20,24-25,36H,7-9,14-19,21-23H2,1-6H3,(H,37,43). The minimum atomic E-state index is -0.484. The number of hydrogen-bond acceptors (Lipinski definition) is 11. The number of anilines is 2. The van der Waals surface area contributed by atoms with Gasteiger partial charge in [-0.1, -0.05) is 6.42 Å². The van der Waals surface area contributed by atoms with Gasteiger partial charge >= 0.3 is 6.09 Å². The molecule has 0 spiro atoms. The summed E-state index contributed by atoms with van der Waals surface area (Å²) in [5.41, 5.74) is 3.10. The zero-order chi connectivity index (χ0) is 33.4. The molecule has 1 aromatic carbocycles. The molecule has 2 N–H and O–H groups in total. The number of rotatable bonds is 12. The van der Waals surface area contributed by atoms with E-state index in [9.17, 15) is 4.79 Å². The molecule has 3 aromatic rings. The highest BCUT2D eigenvalue weighted by molar-refractivity contribution is 5.90. The van der Waals surface area contributed by atoms with Gasteiger partial charge in [-0.05, 0) is 84.3 Å². The first-order valence-electron chi connectivity index (χ1n) is 16.9. The van der Waals surface area contributed by atoms with Gasteiger partial charge in [0.25, 0.3) is 0 Å². The maximum atomic E-state index is 11.8. The molecule has 47 heavy (non-hydrogen) atoms. The van der Waals surface area contributed by atoms with Crippen LogP contribution in [-0.4, -0.2) is 98.4 Å². The van der Waals surface area contributed by atoms with E-state index in [-0.39, 0.29) is 18.3 Å². The number of alkyl carbamates (subject to hydrolysis) is 1. The molecule has 0 saturated carbocycles. The number of benzene rings is 1. The number of unbranched alkanes of at least 4 members (excludes halogenated alkanes) is 2. The number of carbonyl (C=O) groups excluding carboxylic acids is 1. The average Bonchev–Trinajstić information content (AvgIpc) is 3.04. The number of methoxy groups -OCH3 is 1. The van der Waals surface area contributed by atoms with Gasteiger partial charge in [0.05, 0.1) is 43.6 Å². The fourth-order valence-electron chi connectivity index (χ4n) is 6.00. The van der Waals surface area contributed by atoms with Gasteiger partial charge in [0.2, 0.25) is 5.95 Å². The van der Waals surface area contributed by atoms with Crippen LogP contribution in [0.5, 0.6) is 5.75 Å². The molecule has 2 aliphatic rings. The van der Waals surface area contributed by atoms with Crippen LogP contribution in [0.3, 0.4) is 0 Å². The predicted octanol–water partition coefficient (Wildman–Crippen LogP) is 4.94. The number of carbonyl (C=O) groups is 1. The van der Waals surface area contributed by atoms with Crippen molar-refractivity contribution in [3.8, 4) is 17.0 Å². The Morgan fingerprint density at radius 3 is 2.43 bits per heavy atom. The molecular formula is C35H51N7O5. The molecule has 256 valence electrons. The SMILES string of the molecule is COc1ccc(-c2ccc3c(N4CCOCC4)nc(N4CC(C)OC(C)C4)nc3n2)cc1CNCCCCCNC(=O)OC(C)(C)C. The Balaban J connectivity index is 1.27. The van der Waals surface area contributed by atoms with Crippen molar-refractivity contribution in [1.29, 1.82) is 0 Å². The monoisotopic (exact) mass is 649 g/mol. The number of morpholine rings is 2. The third-order valence-electron chi connectivity index (χ3n) is 8.13. The molecule has 2 unspecified atom stereocenters. The Labute approximate surface area is 278 Å². The number of nitrogens with one attached hydrogen (secondary N) is 2. The van der Waals surface area contributed by atoms with E-state index in [1.807, 2.05) is 32.9 Å². The Kier molecular flexibility index (Phi) is 11.7. The number of hydrogen-bond donors (Lipinski definition) is 2. The van der Waals surface area contributed by atoms with Crippen molar-refractivity contribution in [2.75, 3.05) is 69.4 Å². The van der Waals surface area contributed by atoms with E-state index >= 15 is 0 Å². The maximum Gasteiger partial charge on any atom is 0.407 e. The molecule has 0 aliphatic carbocycles. The summed E-state index contributed by atoms with van der Waals surface area (Å²) >= 11 is 0. The van der Waals surface area contributed by atoms with Crippen LogP contribution in [0.15, 0.2) is 30.3 Å². The quantitative estimate of drug-likeness (QED) is 0.260. The van der Waals surface area contributed by atoms with Crippen molar-refractivity contribution in [3.63, 3.8) is 0 Å². The number of amides is 1. The Morgan fingerprint density at radius 1 is 0.957 bits per heavy atom. The second-order valence-corrected chi connectivity index (χ2v) is 13.4. The van der Waals surface area contributed by atoms with Crippen molar-refractivity contribution >= 4 is 28.9 Å². The van der Waals surface area contributed by atoms with Gasteiger partial charge in [-0.25, -0.2) is 9.78 Å². The van der Waals surface area contributed by atoms with Crippen molar-refractivity contribution in [1.82, 2.24) is 25.6 Å². The van der Waals surface area contributed by atoms with E-state index in [1.54, 1.807) is 7.11 Å². The van der Waals surface area contributed by atoms with E-state index in [0.29, 0.717) is 37.9 Å². The van der Waals surface area contributed by atoms with Crippen LogP contribution in [0.25, 0.3) is 22.3 Å². The van der Waals surface area contributed by atoms with Crippen molar-refractivity contribution < 1.29 is 23.7 Å². The van der Waals surface area contributed by atoms with E-state index in [2.05, 4.69) is 52.5 Å². The number of fused-ring (bicyclic) bond motifs is 1. The zero-order valence-electron chi connectivity index (χ0n) is 28.8. The van der Waals surface area contributed by atoms with E-state index < -0.39 is 5.60 Å². The number of nitrogens with zero attached hydrogens (tertiary/aromatic N) is 5. The van der Waals surface area contributed by atoms with Crippen LogP contribution in [0.2, 0.25) is 0 Å². The van der Waals surface area contributed by atoms with Gasteiger partial charge in [0.15, 0.2) is 5.65 Å². The summed E-state index contributed by atoms with van der Waals surface area (Å²) < 4.78 is 22.6. The second-order valence-electron chi connectivity index (χ2n) is 13.4. The number of pyridine rings is 1. The minimum Gasteiger partial charge on any atom is -0.496 e. The average molecular weight is 650 g/mol. The molecule has 2 aromatic heterocycles. The second kappa shape index (κ2) is 15.9. The van der Waals surface area contributed by atoms with Crippen molar-refractivity contribution in [2.45, 2.75) is 78.2 Å². The molecule has 2 aliphatic heterocycles. The van der Waals surface area contributed by atoms with Gasteiger partial charge in [-0.15, -0.1) is 0 Å². The summed E-state index contributed by atoms with van der Waals surface area (Å²) in [6, 6.07) is 10.3. The van der Waals surface area contributed by atoms with E-state index in [1.165, 1.54) is 0 Å². The van der Waals surface area contributed by atoms with Crippen LogP contribution in [-0.2, 0) is 20.8 Å². The van der Waals surface area contributed by atoms with E-state index in [4.69, 9.17) is 33.9 Å². The van der Waals surface area contributed by atoms with Gasteiger partial charge in [-0.2, -0.15) is 9.97 Å². The summed E-state index contributed by atoms with van der Waals surface area (Å²) in [5.74, 6) is 2.42. The van der Waals surface area contributed by atoms with Crippen LogP contribution in [0, 0.1) is 0 Å². The van der Waals surface area contributed by atoms with Crippen LogP contribution >= 0.6 is 0 Å². The zero-order valence-corrected chi connectivity index (χ0v) is 28.8. The summed E-state index contributed by atoms with van der Waals surface area (Å²) in [6.07, 6.45) is 2.72. The topological polar surface area (TPSA) is 123 Å². The molecule has 12 nitrogen and oxygen atoms in total. The first-order chi connectivity index (χ1) is 22.6. The molecule has 0 bridgehead atoms. The molecule has 12 heteroatoms. The molecule has 0 radical (unpaired) electrons. The van der Waals surface area contributed by atoms with Gasteiger partial charge in [0.1, 0.15) is 17.2 Å². The Bertz CT molecular complexity index is 1480. The maximum absolute atomic E-state index is 11.8. The highest BCUT2D eigenvalue weighted by Crippen LogP contribution is 2.31. The normalized spacial score (nSPS) is 18.8. The van der Waals surface area contributed by atoms with Crippen LogP contribution in [0.1, 0.15) is 59.4 Å². The van der Waals surface area contributed by atoms with Crippen LogP contribution < -0.4 is 25.2 Å². The minimum absolute atomic E-state index is 0.0941. The predicted molar refractivity (Wildman–Crippen MR) is 184 cm³/mol. The van der Waals surface area contributed by atoms with E-state index in [0.717, 1.165) is 85.8 Å². The Hall–Kier alpha value is -3.74. The fraction of sp³-hybridized carbons (Fsp3) is 0.600. The van der Waals surface area contributed by atoms with Gasteiger partial charge in [-0.3, -0.25) is 0 Å². The van der Waals surface area contributed by atoms with Crippen molar-refractivity contribution in [2.24, 2.45) is 0 Å². The lowest BCUT2D eigenvalue weighted by molar-refractivity contribution is -0.00570. The molecule has 2 saturated heterocycles. The molecule has 2 fully saturated rings. The summed E-state index contributed by atoms with van der Waals surface area (Å²) in [6.45, 7) is 16.3. The summed E-state index contributed by atoms with van der Waals surface area (Å²) in [5, 5.41) is 7.30. The largest absolute Gasteiger partial charge is 0.496 e. The van der Waals surface area contributed by atoms with Crippen molar-refractivity contribution in [3.05, 3.63) is 35.9 Å². The van der Waals surface area contributed by atoms with Gasteiger partial charge < -0.3 is 39.4 Å². The first-order valence-corrected chi connectivity index (χ1v) is 16.9. The summed E-state index contributed by atoms with van der Waals surface area (Å²) in [4.78, 5) is 31.5. The smallest absolute Gasteiger partial charge is 0.407 e. The van der Waals surface area contributed by atoms with Gasteiger partial charge in [0, 0.05) is 50.4 Å². The third-order valence-corrected chi connectivity index (χ3v) is 8.13. The molecule has 1 amide bonds. The molecule has 2 atom stereocenters. The third kappa shape index (κ3) is 9.65. The molecule has 4 heterocycles. The number of ether oxygens (including phenoxy) is 4. The lowest BCUT2D eigenvalue weighted by Crippen LogP contribution is -2.46. The summed E-state index contributed by atoms with van der Waals surface area (Å²) in [7, 11) is 1.70. The molecule has 5 rings (SSSR count).